The maximum Gasteiger partial charge on any atom is 0.271 e. The van der Waals surface area contributed by atoms with E-state index in [9.17, 15) is 4.79 Å². The normalized spacial score (nSPS) is 9.83. The predicted octanol–water partition coefficient (Wildman–Crippen LogP) is 1.57. The van der Waals surface area contributed by atoms with Gasteiger partial charge in [-0.05, 0) is 6.42 Å². The molecule has 1 rings (SSSR count). The van der Waals surface area contributed by atoms with Crippen LogP contribution in [0.25, 0.3) is 0 Å². The molecule has 0 spiro atoms. The zero-order chi connectivity index (χ0) is 8.97. The molecule has 0 aliphatic carbocycles. The van der Waals surface area contributed by atoms with Gasteiger partial charge in [-0.15, -0.1) is 24.0 Å². The fourth-order valence-corrected chi connectivity index (χ4v) is 1.53. The molecule has 0 saturated carbocycles. The Bertz CT molecular complexity index is 272. The van der Waals surface area contributed by atoms with Crippen LogP contribution in [0.3, 0.4) is 0 Å². The van der Waals surface area contributed by atoms with Crippen molar-refractivity contribution < 1.29 is 4.79 Å². The first-order valence-corrected chi connectivity index (χ1v) is 4.99. The minimum absolute atomic E-state index is 0.136. The van der Waals surface area contributed by atoms with Crippen molar-refractivity contribution in [3.63, 3.8) is 0 Å². The number of nitrogens with one attached hydrogen (secondary N) is 1. The van der Waals surface area contributed by atoms with Gasteiger partial charge in [0.05, 0.1) is 9.72 Å². The predicted molar refractivity (Wildman–Crippen MR) is 52.0 cm³/mol. The van der Waals surface area contributed by atoms with Crippen LogP contribution in [0.4, 0.5) is 0 Å². The Morgan fingerprint density at radius 1 is 1.83 bits per heavy atom. The summed E-state index contributed by atoms with van der Waals surface area (Å²) in [6, 6.07) is 0. The molecule has 0 atom stereocenters. The van der Waals surface area contributed by atoms with Crippen molar-refractivity contribution >= 4 is 29.9 Å². The second-order valence-corrected chi connectivity index (χ2v) is 3.87. The number of rotatable bonds is 3. The van der Waals surface area contributed by atoms with Gasteiger partial charge in [0.15, 0.2) is 5.69 Å². The molecule has 0 fully saturated rings. The molecule has 0 aliphatic rings. The number of carbonyl (C=O) groups is 1. The Morgan fingerprint density at radius 2 is 2.58 bits per heavy atom. The zero-order valence-corrected chi connectivity index (χ0v) is 8.41. The van der Waals surface area contributed by atoms with Gasteiger partial charge in [0.2, 0.25) is 0 Å². The number of thiol groups is 1. The number of hydrogen-bond donors (Lipinski definition) is 2. The van der Waals surface area contributed by atoms with Crippen LogP contribution in [0, 0.1) is 0 Å². The van der Waals surface area contributed by atoms with E-state index in [0.717, 1.165) is 6.42 Å². The number of carbonyl (C=O) groups excluding carboxylic acids is 1. The molecule has 1 amide bonds. The van der Waals surface area contributed by atoms with E-state index in [-0.39, 0.29) is 5.91 Å². The second kappa shape index (κ2) is 4.47. The molecule has 0 aromatic carbocycles. The molecule has 12 heavy (non-hydrogen) atoms. The van der Waals surface area contributed by atoms with E-state index in [1.807, 2.05) is 6.92 Å². The topological polar surface area (TPSA) is 42.0 Å². The van der Waals surface area contributed by atoms with Crippen molar-refractivity contribution in [3.05, 3.63) is 11.2 Å². The summed E-state index contributed by atoms with van der Waals surface area (Å²) in [5.41, 5.74) is 2.04. The first-order valence-electron chi connectivity index (χ1n) is 3.66. The lowest BCUT2D eigenvalue weighted by atomic mass is 10.4. The lowest BCUT2D eigenvalue weighted by Crippen LogP contribution is -2.24. The average molecular weight is 202 g/mol. The number of nitrogens with zero attached hydrogens (tertiary/aromatic N) is 1. The van der Waals surface area contributed by atoms with Crippen LogP contribution in [-0.2, 0) is 0 Å². The summed E-state index contributed by atoms with van der Waals surface area (Å²) < 4.78 is 0.670. The molecule has 0 bridgehead atoms. The quantitative estimate of drug-likeness (QED) is 0.731. The minimum Gasteiger partial charge on any atom is -0.351 e. The van der Waals surface area contributed by atoms with Gasteiger partial charge in [-0.25, -0.2) is 4.98 Å². The van der Waals surface area contributed by atoms with Crippen LogP contribution in [0.2, 0.25) is 0 Å². The fourth-order valence-electron chi connectivity index (χ4n) is 0.718. The summed E-state index contributed by atoms with van der Waals surface area (Å²) in [5.74, 6) is -0.136. The molecule has 1 N–H and O–H groups in total. The van der Waals surface area contributed by atoms with Crippen molar-refractivity contribution in [1.29, 1.82) is 0 Å². The molecule has 0 saturated heterocycles. The van der Waals surface area contributed by atoms with Crippen LogP contribution in [-0.4, -0.2) is 17.4 Å². The van der Waals surface area contributed by atoms with E-state index in [2.05, 4.69) is 22.9 Å². The van der Waals surface area contributed by atoms with Crippen LogP contribution < -0.4 is 5.32 Å². The Kier molecular flexibility index (Phi) is 3.55. The van der Waals surface area contributed by atoms with Crippen molar-refractivity contribution in [2.24, 2.45) is 0 Å². The maximum absolute atomic E-state index is 11.3. The van der Waals surface area contributed by atoms with E-state index in [1.54, 1.807) is 5.51 Å². The van der Waals surface area contributed by atoms with Crippen molar-refractivity contribution in [3.8, 4) is 0 Å². The fraction of sp³-hybridized carbons (Fsp3) is 0.429. The van der Waals surface area contributed by atoms with Crippen LogP contribution >= 0.6 is 24.0 Å². The number of amides is 1. The van der Waals surface area contributed by atoms with Gasteiger partial charge in [0.25, 0.3) is 5.91 Å². The molecule has 1 heterocycles. The molecule has 5 heteroatoms. The first-order chi connectivity index (χ1) is 5.75. The zero-order valence-electron chi connectivity index (χ0n) is 6.70. The van der Waals surface area contributed by atoms with Crippen LogP contribution in [0.5, 0.6) is 0 Å². The molecule has 3 nitrogen and oxygen atoms in total. The van der Waals surface area contributed by atoms with E-state index in [4.69, 9.17) is 0 Å². The number of hydrogen-bond acceptors (Lipinski definition) is 4. The summed E-state index contributed by atoms with van der Waals surface area (Å²) in [6.45, 7) is 2.69. The standard InChI is InChI=1S/C7H10N2OS2/c1-2-3-8-6(10)5-7(11)12-4-9-5/h4,11H,2-3H2,1H3,(H,8,10). The molecule has 1 aromatic rings. The van der Waals surface area contributed by atoms with Crippen LogP contribution in [0.1, 0.15) is 23.8 Å². The van der Waals surface area contributed by atoms with E-state index in [1.165, 1.54) is 11.3 Å². The van der Waals surface area contributed by atoms with E-state index >= 15 is 0 Å². The van der Waals surface area contributed by atoms with Crippen molar-refractivity contribution in [2.75, 3.05) is 6.54 Å². The minimum atomic E-state index is -0.136. The van der Waals surface area contributed by atoms with Gasteiger partial charge in [0.1, 0.15) is 0 Å². The molecular formula is C7H10N2OS2. The van der Waals surface area contributed by atoms with Gasteiger partial charge >= 0.3 is 0 Å². The molecule has 0 unspecified atom stereocenters. The molecular weight excluding hydrogens is 192 g/mol. The summed E-state index contributed by atoms with van der Waals surface area (Å²) >= 11 is 5.46. The highest BCUT2D eigenvalue weighted by molar-refractivity contribution is 7.82. The summed E-state index contributed by atoms with van der Waals surface area (Å²) in [6.07, 6.45) is 0.928. The molecule has 0 aliphatic heterocycles. The average Bonchev–Trinajstić information content (AvgIpc) is 2.47. The van der Waals surface area contributed by atoms with E-state index < -0.39 is 0 Å². The highest BCUT2D eigenvalue weighted by atomic mass is 32.2. The third-order valence-electron chi connectivity index (χ3n) is 1.30. The molecule has 0 radical (unpaired) electrons. The molecule has 1 aromatic heterocycles. The largest absolute Gasteiger partial charge is 0.351 e. The third-order valence-corrected chi connectivity index (χ3v) is 2.45. The Labute approximate surface area is 80.6 Å². The Hall–Kier alpha value is -0.550. The van der Waals surface area contributed by atoms with Crippen LogP contribution in [0.15, 0.2) is 9.72 Å². The third kappa shape index (κ3) is 2.22. The Morgan fingerprint density at radius 3 is 3.08 bits per heavy atom. The monoisotopic (exact) mass is 202 g/mol. The SMILES string of the molecule is CCCNC(=O)c1ncsc1S. The van der Waals surface area contributed by atoms with Gasteiger partial charge in [-0.2, -0.15) is 0 Å². The first kappa shape index (κ1) is 9.54. The summed E-state index contributed by atoms with van der Waals surface area (Å²) in [4.78, 5) is 15.2. The second-order valence-electron chi connectivity index (χ2n) is 2.26. The van der Waals surface area contributed by atoms with Gasteiger partial charge in [-0.3, -0.25) is 4.79 Å². The highest BCUT2D eigenvalue weighted by Crippen LogP contribution is 2.16. The van der Waals surface area contributed by atoms with Crippen molar-refractivity contribution in [2.45, 2.75) is 17.6 Å². The molecule has 66 valence electrons. The number of thiazole rings is 1. The van der Waals surface area contributed by atoms with Gasteiger partial charge in [-0.1, -0.05) is 6.92 Å². The summed E-state index contributed by atoms with van der Waals surface area (Å²) in [7, 11) is 0. The van der Waals surface area contributed by atoms with E-state index in [0.29, 0.717) is 16.4 Å². The van der Waals surface area contributed by atoms with Gasteiger partial charge in [0, 0.05) is 6.54 Å². The highest BCUT2D eigenvalue weighted by Gasteiger charge is 2.10. The van der Waals surface area contributed by atoms with Crippen molar-refractivity contribution in [1.82, 2.24) is 10.3 Å². The lowest BCUT2D eigenvalue weighted by molar-refractivity contribution is 0.0946. The summed E-state index contributed by atoms with van der Waals surface area (Å²) in [5, 5.41) is 2.73. The smallest absolute Gasteiger partial charge is 0.271 e. The number of aromatic nitrogens is 1. The Balaban J connectivity index is 2.59. The maximum atomic E-state index is 11.3. The van der Waals surface area contributed by atoms with Gasteiger partial charge < -0.3 is 5.32 Å². The lowest BCUT2D eigenvalue weighted by Gasteiger charge is -1.99.